The molecule has 24 heavy (non-hydrogen) atoms. The van der Waals surface area contributed by atoms with Gasteiger partial charge in [0.2, 0.25) is 5.91 Å². The molecule has 0 aromatic rings. The molecule has 0 bridgehead atoms. The van der Waals surface area contributed by atoms with Crippen LogP contribution in [0.25, 0.3) is 0 Å². The molecule has 7 nitrogen and oxygen atoms in total. The van der Waals surface area contributed by atoms with E-state index in [9.17, 15) is 13.2 Å². The molecular formula is C15H29IN4O3S. The van der Waals surface area contributed by atoms with Gasteiger partial charge in [-0.25, -0.2) is 8.42 Å². The molecule has 2 fully saturated rings. The number of carbonyl (C=O) groups excluding carboxylic acids is 1. The Morgan fingerprint density at radius 2 is 1.79 bits per heavy atom. The smallest absolute Gasteiger partial charge is 0.222 e. The van der Waals surface area contributed by atoms with Crippen LogP contribution in [0.1, 0.15) is 44.9 Å². The molecule has 1 aliphatic heterocycles. The van der Waals surface area contributed by atoms with Crippen molar-refractivity contribution in [3.05, 3.63) is 0 Å². The first-order valence-electron chi connectivity index (χ1n) is 8.45. The minimum Gasteiger partial charge on any atom is -0.356 e. The predicted molar refractivity (Wildman–Crippen MR) is 107 cm³/mol. The van der Waals surface area contributed by atoms with Gasteiger partial charge in [-0.05, 0) is 19.3 Å². The molecule has 3 N–H and O–H groups in total. The molecule has 1 aliphatic carbocycles. The van der Waals surface area contributed by atoms with Gasteiger partial charge >= 0.3 is 0 Å². The summed E-state index contributed by atoms with van der Waals surface area (Å²) in [6, 6.07) is 0.236. The van der Waals surface area contributed by atoms with E-state index in [1.165, 1.54) is 19.3 Å². The summed E-state index contributed by atoms with van der Waals surface area (Å²) >= 11 is 0. The van der Waals surface area contributed by atoms with Crippen molar-refractivity contribution in [3.8, 4) is 0 Å². The average Bonchev–Trinajstić information content (AvgIpc) is 2.86. The minimum absolute atomic E-state index is 0. The number of nitrogens with zero attached hydrogens (tertiary/aromatic N) is 1. The monoisotopic (exact) mass is 472 g/mol. The second-order valence-corrected chi connectivity index (χ2v) is 8.62. The Bertz CT molecular complexity index is 533. The maximum atomic E-state index is 11.9. The fraction of sp³-hybridized carbons (Fsp3) is 0.867. The van der Waals surface area contributed by atoms with Crippen LogP contribution < -0.4 is 16.0 Å². The van der Waals surface area contributed by atoms with Crippen LogP contribution in [0.2, 0.25) is 0 Å². The van der Waals surface area contributed by atoms with E-state index >= 15 is 0 Å². The Hall–Kier alpha value is -0.580. The molecule has 140 valence electrons. The SMILES string of the molecule is CN=C(NCCC(=O)NC1CCS(=O)(=O)C1)NC1CCCCC1.I. The molecule has 0 spiro atoms. The van der Waals surface area contributed by atoms with Crippen LogP contribution in [-0.4, -0.2) is 57.5 Å². The summed E-state index contributed by atoms with van der Waals surface area (Å²) in [5, 5.41) is 9.33. The number of guanidine groups is 1. The number of halogens is 1. The van der Waals surface area contributed by atoms with Crippen LogP contribution in [0.5, 0.6) is 0 Å². The zero-order valence-corrected chi connectivity index (χ0v) is 17.4. The first-order chi connectivity index (χ1) is 11.0. The maximum Gasteiger partial charge on any atom is 0.222 e. The summed E-state index contributed by atoms with van der Waals surface area (Å²) in [6.45, 7) is 0.484. The van der Waals surface area contributed by atoms with Gasteiger partial charge in [0.25, 0.3) is 0 Å². The lowest BCUT2D eigenvalue weighted by Crippen LogP contribution is -2.45. The van der Waals surface area contributed by atoms with Gasteiger partial charge in [-0.1, -0.05) is 19.3 Å². The van der Waals surface area contributed by atoms with Crippen molar-refractivity contribution < 1.29 is 13.2 Å². The van der Waals surface area contributed by atoms with Crippen molar-refractivity contribution in [1.82, 2.24) is 16.0 Å². The summed E-state index contributed by atoms with van der Waals surface area (Å²) < 4.78 is 22.7. The molecular weight excluding hydrogens is 443 g/mol. The number of hydrogen-bond acceptors (Lipinski definition) is 4. The van der Waals surface area contributed by atoms with Crippen LogP contribution in [0, 0.1) is 0 Å². The number of aliphatic imine (C=N–C) groups is 1. The predicted octanol–water partition coefficient (Wildman–Crippen LogP) is 0.795. The van der Waals surface area contributed by atoms with Crippen molar-refractivity contribution in [2.45, 2.75) is 57.0 Å². The number of sulfone groups is 1. The molecule has 9 heteroatoms. The van der Waals surface area contributed by atoms with Gasteiger partial charge in [0.05, 0.1) is 11.5 Å². The first kappa shape index (κ1) is 21.5. The van der Waals surface area contributed by atoms with Crippen molar-refractivity contribution in [3.63, 3.8) is 0 Å². The van der Waals surface area contributed by atoms with Gasteiger partial charge in [-0.3, -0.25) is 9.79 Å². The van der Waals surface area contributed by atoms with Crippen LogP contribution in [0.4, 0.5) is 0 Å². The van der Waals surface area contributed by atoms with E-state index in [0.717, 1.165) is 18.8 Å². The Morgan fingerprint density at radius 3 is 2.38 bits per heavy atom. The molecule has 1 saturated heterocycles. The Balaban J connectivity index is 0.00000288. The Morgan fingerprint density at radius 1 is 1.08 bits per heavy atom. The lowest BCUT2D eigenvalue weighted by molar-refractivity contribution is -0.121. The molecule has 2 aliphatic rings. The third kappa shape index (κ3) is 7.54. The summed E-state index contributed by atoms with van der Waals surface area (Å²) in [5.41, 5.74) is 0. The standard InChI is InChI=1S/C15H28N4O3S.HI/c1-16-15(19-12-5-3-2-4-6-12)17-9-7-14(20)18-13-8-10-23(21,22)11-13;/h12-13H,2-11H2,1H3,(H,18,20)(H2,16,17,19);1H. The van der Waals surface area contributed by atoms with Crippen molar-refractivity contribution >= 4 is 45.7 Å². The summed E-state index contributed by atoms with van der Waals surface area (Å²) in [5.74, 6) is 0.853. The highest BCUT2D eigenvalue weighted by molar-refractivity contribution is 14.0. The van der Waals surface area contributed by atoms with Gasteiger partial charge in [0.15, 0.2) is 15.8 Å². The van der Waals surface area contributed by atoms with Gasteiger partial charge in [-0.2, -0.15) is 0 Å². The second kappa shape index (κ2) is 10.4. The van der Waals surface area contributed by atoms with E-state index in [4.69, 9.17) is 0 Å². The van der Waals surface area contributed by atoms with E-state index in [-0.39, 0.29) is 47.4 Å². The quantitative estimate of drug-likeness (QED) is 0.312. The van der Waals surface area contributed by atoms with Crippen molar-refractivity contribution in [2.75, 3.05) is 25.1 Å². The topological polar surface area (TPSA) is 99.7 Å². The number of carbonyl (C=O) groups is 1. The summed E-state index contributed by atoms with van der Waals surface area (Å²) in [4.78, 5) is 16.0. The second-order valence-electron chi connectivity index (χ2n) is 6.40. The Labute approximate surface area is 161 Å². The Kier molecular flexibility index (Phi) is 9.32. The van der Waals surface area contributed by atoms with Gasteiger partial charge in [0, 0.05) is 32.1 Å². The van der Waals surface area contributed by atoms with E-state index in [0.29, 0.717) is 25.4 Å². The van der Waals surface area contributed by atoms with Gasteiger partial charge in [-0.15, -0.1) is 24.0 Å². The van der Waals surface area contributed by atoms with E-state index in [1.807, 2.05) is 0 Å². The number of rotatable bonds is 5. The third-order valence-electron chi connectivity index (χ3n) is 4.41. The molecule has 0 aromatic heterocycles. The maximum absolute atomic E-state index is 11.9. The van der Waals surface area contributed by atoms with Crippen molar-refractivity contribution in [2.24, 2.45) is 4.99 Å². The molecule has 1 amide bonds. The van der Waals surface area contributed by atoms with Gasteiger partial charge < -0.3 is 16.0 Å². The fourth-order valence-electron chi connectivity index (χ4n) is 3.14. The first-order valence-corrected chi connectivity index (χ1v) is 10.3. The van der Waals surface area contributed by atoms with E-state index in [1.54, 1.807) is 7.05 Å². The molecule has 1 atom stereocenters. The van der Waals surface area contributed by atoms with E-state index < -0.39 is 9.84 Å². The van der Waals surface area contributed by atoms with Crippen LogP contribution in [0.15, 0.2) is 4.99 Å². The molecule has 0 aromatic carbocycles. The normalized spacial score (nSPS) is 24.0. The molecule has 2 rings (SSSR count). The van der Waals surface area contributed by atoms with Crippen LogP contribution >= 0.6 is 24.0 Å². The lowest BCUT2D eigenvalue weighted by Gasteiger charge is -2.24. The number of hydrogen-bond donors (Lipinski definition) is 3. The third-order valence-corrected chi connectivity index (χ3v) is 6.18. The average molecular weight is 472 g/mol. The molecule has 1 saturated carbocycles. The van der Waals surface area contributed by atoms with E-state index in [2.05, 4.69) is 20.9 Å². The zero-order valence-electron chi connectivity index (χ0n) is 14.2. The van der Waals surface area contributed by atoms with Crippen LogP contribution in [0.3, 0.4) is 0 Å². The zero-order chi connectivity index (χ0) is 16.7. The highest BCUT2D eigenvalue weighted by atomic mass is 127. The van der Waals surface area contributed by atoms with Crippen LogP contribution in [-0.2, 0) is 14.6 Å². The highest BCUT2D eigenvalue weighted by Crippen LogP contribution is 2.17. The minimum atomic E-state index is -2.95. The largest absolute Gasteiger partial charge is 0.356 e. The highest BCUT2D eigenvalue weighted by Gasteiger charge is 2.28. The van der Waals surface area contributed by atoms with Crippen molar-refractivity contribution in [1.29, 1.82) is 0 Å². The van der Waals surface area contributed by atoms with Gasteiger partial charge in [0.1, 0.15) is 0 Å². The number of amides is 1. The lowest BCUT2D eigenvalue weighted by atomic mass is 9.96. The summed E-state index contributed by atoms with van der Waals surface area (Å²) in [6.07, 6.45) is 6.97. The molecule has 1 heterocycles. The summed E-state index contributed by atoms with van der Waals surface area (Å²) in [7, 11) is -1.23. The fourth-order valence-corrected chi connectivity index (χ4v) is 4.81. The molecule has 0 radical (unpaired) electrons. The molecule has 1 unspecified atom stereocenters. The number of nitrogens with one attached hydrogen (secondary N) is 3.